The maximum atomic E-state index is 14.1. The Kier molecular flexibility index (Phi) is 12.6. The standard InChI is InChI=1S/C33H37Cl2N3O7/c1-3-4-5-27(37-32(40)36-17-16-30(39)42-2)20-43-33(41)38(19-22-6-11-25(34)12-7-22)31(23-8-13-26(35)14-9-23)24-10-15-28-29(18-24)45-21-44-28/h6-15,18,27,31H,3-5,16-17,19-21H2,1-2H3,(H2,36,37,40)/t27-,31?/m0/s1. The first-order valence-electron chi connectivity index (χ1n) is 14.7. The summed E-state index contributed by atoms with van der Waals surface area (Å²) < 4.78 is 21.7. The minimum absolute atomic E-state index is 0.0458. The van der Waals surface area contributed by atoms with Crippen molar-refractivity contribution >= 4 is 41.3 Å². The molecule has 240 valence electrons. The fourth-order valence-corrected chi connectivity index (χ4v) is 5.10. The summed E-state index contributed by atoms with van der Waals surface area (Å²) in [5.74, 6) is 0.772. The number of esters is 1. The molecule has 1 aliphatic rings. The fraction of sp³-hybridized carbons (Fsp3) is 0.364. The van der Waals surface area contributed by atoms with E-state index in [1.165, 1.54) is 7.11 Å². The third-order valence-electron chi connectivity index (χ3n) is 7.20. The van der Waals surface area contributed by atoms with Crippen LogP contribution >= 0.6 is 23.2 Å². The van der Waals surface area contributed by atoms with E-state index in [-0.39, 0.29) is 32.9 Å². The van der Waals surface area contributed by atoms with E-state index in [0.29, 0.717) is 28.0 Å². The van der Waals surface area contributed by atoms with Crippen LogP contribution in [0.25, 0.3) is 0 Å². The molecule has 1 aliphatic heterocycles. The Morgan fingerprint density at radius 2 is 1.60 bits per heavy atom. The summed E-state index contributed by atoms with van der Waals surface area (Å²) >= 11 is 12.4. The molecule has 2 atom stereocenters. The first kappa shape index (κ1) is 33.7. The zero-order valence-corrected chi connectivity index (χ0v) is 26.7. The number of unbranched alkanes of at least 4 members (excludes halogenated alkanes) is 1. The van der Waals surface area contributed by atoms with Crippen molar-refractivity contribution in [2.24, 2.45) is 0 Å². The van der Waals surface area contributed by atoms with Crippen LogP contribution < -0.4 is 20.1 Å². The molecule has 1 unspecified atom stereocenters. The number of carbonyl (C=O) groups is 3. The second kappa shape index (κ2) is 16.8. The van der Waals surface area contributed by atoms with Crippen LogP contribution in [0, 0.1) is 0 Å². The molecule has 3 amide bonds. The Morgan fingerprint density at radius 3 is 2.29 bits per heavy atom. The van der Waals surface area contributed by atoms with Gasteiger partial charge in [-0.05, 0) is 59.5 Å². The third kappa shape index (κ3) is 9.92. The van der Waals surface area contributed by atoms with Crippen molar-refractivity contribution in [1.29, 1.82) is 0 Å². The number of nitrogens with zero attached hydrogens (tertiary/aromatic N) is 1. The third-order valence-corrected chi connectivity index (χ3v) is 7.71. The number of amides is 3. The van der Waals surface area contributed by atoms with E-state index in [0.717, 1.165) is 29.5 Å². The van der Waals surface area contributed by atoms with E-state index in [1.807, 2.05) is 49.4 Å². The van der Waals surface area contributed by atoms with E-state index in [1.54, 1.807) is 29.2 Å². The molecule has 0 radical (unpaired) electrons. The lowest BCUT2D eigenvalue weighted by atomic mass is 9.96. The molecule has 12 heteroatoms. The van der Waals surface area contributed by atoms with E-state index < -0.39 is 30.2 Å². The zero-order valence-electron chi connectivity index (χ0n) is 25.2. The molecular formula is C33H37Cl2N3O7. The van der Waals surface area contributed by atoms with Crippen LogP contribution in [-0.4, -0.2) is 56.1 Å². The molecule has 0 fully saturated rings. The van der Waals surface area contributed by atoms with E-state index in [4.69, 9.17) is 37.4 Å². The molecule has 3 aromatic rings. The topological polar surface area (TPSA) is 115 Å². The van der Waals surface area contributed by atoms with Gasteiger partial charge in [0.05, 0.1) is 25.6 Å². The van der Waals surface area contributed by atoms with Crippen molar-refractivity contribution in [1.82, 2.24) is 15.5 Å². The van der Waals surface area contributed by atoms with Crippen LogP contribution in [0.15, 0.2) is 66.7 Å². The first-order valence-corrected chi connectivity index (χ1v) is 15.5. The molecule has 4 rings (SSSR count). The summed E-state index contributed by atoms with van der Waals surface area (Å²) in [4.78, 5) is 39.6. The van der Waals surface area contributed by atoms with Gasteiger partial charge in [0.15, 0.2) is 11.5 Å². The number of rotatable bonds is 14. The molecule has 0 aliphatic carbocycles. The number of fused-ring (bicyclic) bond motifs is 1. The highest BCUT2D eigenvalue weighted by Crippen LogP contribution is 2.39. The molecule has 45 heavy (non-hydrogen) atoms. The van der Waals surface area contributed by atoms with Crippen LogP contribution in [0.4, 0.5) is 9.59 Å². The molecule has 0 saturated heterocycles. The maximum absolute atomic E-state index is 14.1. The first-order chi connectivity index (χ1) is 21.8. The maximum Gasteiger partial charge on any atom is 0.410 e. The molecule has 0 saturated carbocycles. The van der Waals surface area contributed by atoms with Crippen molar-refractivity contribution in [2.75, 3.05) is 27.1 Å². The highest BCUT2D eigenvalue weighted by atomic mass is 35.5. The number of hydrogen-bond acceptors (Lipinski definition) is 7. The second-order valence-corrected chi connectivity index (χ2v) is 11.3. The van der Waals surface area contributed by atoms with Gasteiger partial charge in [-0.2, -0.15) is 0 Å². The van der Waals surface area contributed by atoms with Gasteiger partial charge in [-0.1, -0.05) is 73.3 Å². The Balaban J connectivity index is 1.60. The van der Waals surface area contributed by atoms with Crippen LogP contribution in [0.2, 0.25) is 10.0 Å². The van der Waals surface area contributed by atoms with Gasteiger partial charge in [-0.3, -0.25) is 9.69 Å². The number of benzene rings is 3. The number of halogens is 2. The van der Waals surface area contributed by atoms with Gasteiger partial charge in [0, 0.05) is 23.1 Å². The molecule has 3 aromatic carbocycles. The average Bonchev–Trinajstić information content (AvgIpc) is 3.52. The predicted molar refractivity (Wildman–Crippen MR) is 171 cm³/mol. The van der Waals surface area contributed by atoms with Gasteiger partial charge >= 0.3 is 18.1 Å². The van der Waals surface area contributed by atoms with Crippen molar-refractivity contribution in [3.05, 3.63) is 93.5 Å². The Hall–Kier alpha value is -4.15. The highest BCUT2D eigenvalue weighted by molar-refractivity contribution is 6.30. The van der Waals surface area contributed by atoms with Crippen molar-refractivity contribution in [3.63, 3.8) is 0 Å². The van der Waals surface area contributed by atoms with E-state index >= 15 is 0 Å². The van der Waals surface area contributed by atoms with Crippen LogP contribution in [0.1, 0.15) is 55.3 Å². The summed E-state index contributed by atoms with van der Waals surface area (Å²) in [6, 6.07) is 18.6. The molecule has 0 bridgehead atoms. The summed E-state index contributed by atoms with van der Waals surface area (Å²) in [6.45, 7) is 2.40. The minimum Gasteiger partial charge on any atom is -0.469 e. The Morgan fingerprint density at radius 1 is 0.933 bits per heavy atom. The zero-order chi connectivity index (χ0) is 32.2. The SMILES string of the molecule is CCCC[C@@H](COC(=O)N(Cc1ccc(Cl)cc1)C(c1ccc(Cl)cc1)c1ccc2c(c1)OCO2)NC(=O)NCCC(=O)OC. The molecular weight excluding hydrogens is 621 g/mol. The van der Waals surface area contributed by atoms with Gasteiger partial charge < -0.3 is 29.6 Å². The number of ether oxygens (including phenoxy) is 4. The molecule has 0 spiro atoms. The second-order valence-electron chi connectivity index (χ2n) is 10.5. The Bertz CT molecular complexity index is 1440. The molecule has 1 heterocycles. The van der Waals surface area contributed by atoms with Gasteiger partial charge in [0.1, 0.15) is 6.61 Å². The number of carbonyl (C=O) groups excluding carboxylic acids is 3. The summed E-state index contributed by atoms with van der Waals surface area (Å²) in [5, 5.41) is 6.64. The van der Waals surface area contributed by atoms with Gasteiger partial charge in [-0.25, -0.2) is 9.59 Å². The Labute approximate surface area is 272 Å². The van der Waals surface area contributed by atoms with E-state index in [2.05, 4.69) is 15.4 Å². The van der Waals surface area contributed by atoms with Crippen LogP contribution in [0.5, 0.6) is 11.5 Å². The lowest BCUT2D eigenvalue weighted by Gasteiger charge is -2.33. The monoisotopic (exact) mass is 657 g/mol. The highest BCUT2D eigenvalue weighted by Gasteiger charge is 2.31. The van der Waals surface area contributed by atoms with E-state index in [9.17, 15) is 14.4 Å². The number of hydrogen-bond donors (Lipinski definition) is 2. The van der Waals surface area contributed by atoms with Crippen molar-refractivity contribution < 1.29 is 33.3 Å². The number of nitrogens with one attached hydrogen (secondary N) is 2. The predicted octanol–water partition coefficient (Wildman–Crippen LogP) is 6.87. The average molecular weight is 659 g/mol. The van der Waals surface area contributed by atoms with Gasteiger partial charge in [-0.15, -0.1) is 0 Å². The summed E-state index contributed by atoms with van der Waals surface area (Å²) in [7, 11) is 1.29. The van der Waals surface area contributed by atoms with Crippen LogP contribution in [-0.2, 0) is 20.8 Å². The number of urea groups is 1. The van der Waals surface area contributed by atoms with Crippen molar-refractivity contribution in [2.45, 2.75) is 51.2 Å². The fourth-order valence-electron chi connectivity index (χ4n) is 4.85. The van der Waals surface area contributed by atoms with Gasteiger partial charge in [0.25, 0.3) is 0 Å². The van der Waals surface area contributed by atoms with Gasteiger partial charge in [0.2, 0.25) is 6.79 Å². The largest absolute Gasteiger partial charge is 0.469 e. The summed E-state index contributed by atoms with van der Waals surface area (Å²) in [6.07, 6.45) is 1.75. The number of methoxy groups -OCH3 is 1. The smallest absolute Gasteiger partial charge is 0.410 e. The molecule has 0 aromatic heterocycles. The summed E-state index contributed by atoms with van der Waals surface area (Å²) in [5.41, 5.74) is 2.41. The minimum atomic E-state index is -0.594. The lowest BCUT2D eigenvalue weighted by molar-refractivity contribution is -0.140. The molecule has 2 N–H and O–H groups in total. The quantitative estimate of drug-likeness (QED) is 0.182. The molecule has 10 nitrogen and oxygen atoms in total. The van der Waals surface area contributed by atoms with Crippen molar-refractivity contribution in [3.8, 4) is 11.5 Å². The normalized spacial score (nSPS) is 13.0. The van der Waals surface area contributed by atoms with Crippen LogP contribution in [0.3, 0.4) is 0 Å². The lowest BCUT2D eigenvalue weighted by Crippen LogP contribution is -2.46.